The third-order valence-electron chi connectivity index (χ3n) is 3.57. The molecule has 0 aliphatic heterocycles. The van der Waals surface area contributed by atoms with Crippen molar-refractivity contribution in [2.75, 3.05) is 0 Å². The molecule has 2 rings (SSSR count). The second-order valence-electron chi connectivity index (χ2n) is 5.32. The fraction of sp³-hybridized carbons (Fsp3) is 0.158. The molecule has 0 radical (unpaired) electrons. The molecule has 0 aromatic heterocycles. The Balaban J connectivity index is 2.34. The first-order valence-corrected chi connectivity index (χ1v) is 7.73. The van der Waals surface area contributed by atoms with Crippen LogP contribution in [0.4, 0.5) is 0 Å². The van der Waals surface area contributed by atoms with Crippen LogP contribution in [0.15, 0.2) is 54.6 Å². The van der Waals surface area contributed by atoms with Crippen LogP contribution in [-0.4, -0.2) is 16.3 Å². The lowest BCUT2D eigenvalue weighted by molar-refractivity contribution is -0.107. The Morgan fingerprint density at radius 3 is 2.42 bits per heavy atom. The third-order valence-corrected chi connectivity index (χ3v) is 3.68. The third kappa shape index (κ3) is 4.46. The van der Waals surface area contributed by atoms with Crippen molar-refractivity contribution in [2.45, 2.75) is 20.0 Å². The first-order valence-electron chi connectivity index (χ1n) is 7.35. The lowest BCUT2D eigenvalue weighted by atomic mass is 10.0. The second-order valence-corrected chi connectivity index (χ2v) is 5.69. The topological polar surface area (TPSA) is 63.6 Å². The normalized spacial score (nSPS) is 12.5. The predicted molar refractivity (Wildman–Crippen MR) is 93.4 cm³/mol. The molecular weight excluding hydrogens is 328 g/mol. The average Bonchev–Trinajstić information content (AvgIpc) is 2.55. The molecular formula is C19H17ClO4. The molecule has 0 bridgehead atoms. The molecule has 0 spiro atoms. The number of halogens is 1. The number of hydrogen-bond donors (Lipinski definition) is 1. The molecule has 124 valence electrons. The summed E-state index contributed by atoms with van der Waals surface area (Å²) in [6, 6.07) is 14.3. The van der Waals surface area contributed by atoms with E-state index in [-0.39, 0.29) is 17.4 Å². The van der Waals surface area contributed by atoms with Crippen LogP contribution in [0, 0.1) is 0 Å². The molecule has 0 aliphatic carbocycles. The van der Waals surface area contributed by atoms with Crippen molar-refractivity contribution in [1.29, 1.82) is 0 Å². The Hall–Kier alpha value is -2.59. The number of hydrogen-bond acceptors (Lipinski definition) is 3. The number of ether oxygens (including phenoxy) is 1. The Labute approximate surface area is 145 Å². The summed E-state index contributed by atoms with van der Waals surface area (Å²) in [6.07, 6.45) is 0.951. The molecule has 24 heavy (non-hydrogen) atoms. The standard InChI is InChI=1S/C19H17ClO4/c1-12(10-18(20)21)15-8-9-17(16(11-15)19(22)23)24-13(2)14-6-4-3-5-7-14/h3-11,13H,1-2H3,(H,22,23)/b12-10-. The van der Waals surface area contributed by atoms with Crippen molar-refractivity contribution in [2.24, 2.45) is 0 Å². The Morgan fingerprint density at radius 2 is 1.83 bits per heavy atom. The Kier molecular flexibility index (Phi) is 5.77. The van der Waals surface area contributed by atoms with Crippen molar-refractivity contribution >= 4 is 28.4 Å². The number of rotatable bonds is 6. The van der Waals surface area contributed by atoms with Crippen molar-refractivity contribution < 1.29 is 19.4 Å². The van der Waals surface area contributed by atoms with Gasteiger partial charge in [-0.25, -0.2) is 4.79 Å². The van der Waals surface area contributed by atoms with Crippen molar-refractivity contribution in [3.8, 4) is 5.75 Å². The molecule has 2 aromatic carbocycles. The van der Waals surface area contributed by atoms with E-state index < -0.39 is 11.2 Å². The van der Waals surface area contributed by atoms with Crippen LogP contribution in [-0.2, 0) is 4.79 Å². The van der Waals surface area contributed by atoms with Crippen LogP contribution in [0.25, 0.3) is 5.57 Å². The fourth-order valence-corrected chi connectivity index (χ4v) is 2.44. The van der Waals surface area contributed by atoms with Gasteiger partial charge in [0.1, 0.15) is 17.4 Å². The van der Waals surface area contributed by atoms with Gasteiger partial charge in [0.15, 0.2) is 0 Å². The number of aromatic carboxylic acids is 1. The number of carbonyl (C=O) groups is 2. The number of allylic oxidation sites excluding steroid dienone is 2. The SMILES string of the molecule is C/C(=C/C(=O)Cl)c1ccc(OC(C)c2ccccc2)c(C(=O)O)c1. The summed E-state index contributed by atoms with van der Waals surface area (Å²) in [5.41, 5.74) is 2.16. The summed E-state index contributed by atoms with van der Waals surface area (Å²) in [4.78, 5) is 22.5. The highest BCUT2D eigenvalue weighted by molar-refractivity contribution is 6.67. The van der Waals surface area contributed by atoms with E-state index in [0.717, 1.165) is 5.56 Å². The van der Waals surface area contributed by atoms with Gasteiger partial charge in [-0.15, -0.1) is 0 Å². The molecule has 1 unspecified atom stereocenters. The minimum atomic E-state index is -1.10. The second kappa shape index (κ2) is 7.79. The highest BCUT2D eigenvalue weighted by Gasteiger charge is 2.16. The first kappa shape index (κ1) is 17.8. The van der Waals surface area contributed by atoms with E-state index in [1.54, 1.807) is 19.1 Å². The quantitative estimate of drug-likeness (QED) is 0.609. The van der Waals surface area contributed by atoms with E-state index >= 15 is 0 Å². The summed E-state index contributed by atoms with van der Waals surface area (Å²) in [7, 11) is 0. The van der Waals surface area contributed by atoms with Gasteiger partial charge in [-0.2, -0.15) is 0 Å². The zero-order valence-corrected chi connectivity index (χ0v) is 14.1. The molecule has 1 N–H and O–H groups in total. The summed E-state index contributed by atoms with van der Waals surface area (Å²) in [6.45, 7) is 3.54. The minimum Gasteiger partial charge on any atom is -0.485 e. The van der Waals surface area contributed by atoms with Crippen LogP contribution in [0.1, 0.15) is 41.4 Å². The van der Waals surface area contributed by atoms with E-state index in [0.29, 0.717) is 11.1 Å². The number of carbonyl (C=O) groups excluding carboxylic acids is 1. The summed E-state index contributed by atoms with van der Waals surface area (Å²) >= 11 is 5.34. The van der Waals surface area contributed by atoms with E-state index in [2.05, 4.69) is 0 Å². The molecule has 0 saturated carbocycles. The van der Waals surface area contributed by atoms with E-state index in [9.17, 15) is 14.7 Å². The lowest BCUT2D eigenvalue weighted by Crippen LogP contribution is -2.08. The average molecular weight is 345 g/mol. The van der Waals surface area contributed by atoms with Gasteiger partial charge in [0, 0.05) is 6.08 Å². The molecule has 0 aliphatic rings. The van der Waals surface area contributed by atoms with E-state index in [4.69, 9.17) is 16.3 Å². The molecule has 0 fully saturated rings. The van der Waals surface area contributed by atoms with Crippen LogP contribution < -0.4 is 4.74 Å². The molecule has 0 amide bonds. The van der Waals surface area contributed by atoms with Gasteiger partial charge in [0.2, 0.25) is 5.24 Å². The van der Waals surface area contributed by atoms with Crippen molar-refractivity contribution in [1.82, 2.24) is 0 Å². The maximum Gasteiger partial charge on any atom is 0.339 e. The van der Waals surface area contributed by atoms with Gasteiger partial charge in [-0.3, -0.25) is 4.79 Å². The molecule has 1 atom stereocenters. The van der Waals surface area contributed by atoms with Gasteiger partial charge in [-0.05, 0) is 54.3 Å². The zero-order chi connectivity index (χ0) is 17.7. The van der Waals surface area contributed by atoms with Crippen molar-refractivity contribution in [3.05, 3.63) is 71.3 Å². The van der Waals surface area contributed by atoms with Crippen LogP contribution >= 0.6 is 11.6 Å². The summed E-state index contributed by atoms with van der Waals surface area (Å²) in [5, 5.41) is 8.84. The lowest BCUT2D eigenvalue weighted by Gasteiger charge is -2.17. The zero-order valence-electron chi connectivity index (χ0n) is 13.3. The van der Waals surface area contributed by atoms with Gasteiger partial charge in [0.25, 0.3) is 0 Å². The first-order chi connectivity index (χ1) is 11.4. The Bertz CT molecular complexity index is 781. The van der Waals surface area contributed by atoms with Gasteiger partial charge in [-0.1, -0.05) is 36.4 Å². The molecule has 0 saturated heterocycles. The highest BCUT2D eigenvalue weighted by atomic mass is 35.5. The smallest absolute Gasteiger partial charge is 0.339 e. The molecule has 5 heteroatoms. The highest BCUT2D eigenvalue weighted by Crippen LogP contribution is 2.28. The van der Waals surface area contributed by atoms with Gasteiger partial charge in [0.05, 0.1) is 0 Å². The van der Waals surface area contributed by atoms with Crippen LogP contribution in [0.3, 0.4) is 0 Å². The van der Waals surface area contributed by atoms with Crippen LogP contribution in [0.2, 0.25) is 0 Å². The van der Waals surface area contributed by atoms with Gasteiger partial charge >= 0.3 is 5.97 Å². The Morgan fingerprint density at radius 1 is 1.17 bits per heavy atom. The number of benzene rings is 2. The maximum absolute atomic E-state index is 11.5. The molecule has 0 heterocycles. The number of carboxylic acid groups (broad SMARTS) is 1. The van der Waals surface area contributed by atoms with Crippen LogP contribution in [0.5, 0.6) is 5.75 Å². The monoisotopic (exact) mass is 344 g/mol. The van der Waals surface area contributed by atoms with Gasteiger partial charge < -0.3 is 9.84 Å². The molecule has 4 nitrogen and oxygen atoms in total. The predicted octanol–water partition coefficient (Wildman–Crippen LogP) is 4.69. The summed E-state index contributed by atoms with van der Waals surface area (Å²) < 4.78 is 5.82. The van der Waals surface area contributed by atoms with E-state index in [1.807, 2.05) is 37.3 Å². The maximum atomic E-state index is 11.5. The fourth-order valence-electron chi connectivity index (χ4n) is 2.28. The minimum absolute atomic E-state index is 0.0325. The number of carboxylic acids is 1. The van der Waals surface area contributed by atoms with Crippen molar-refractivity contribution in [3.63, 3.8) is 0 Å². The molecule has 2 aromatic rings. The summed E-state index contributed by atoms with van der Waals surface area (Å²) in [5.74, 6) is -0.829. The van der Waals surface area contributed by atoms with E-state index in [1.165, 1.54) is 12.1 Å². The largest absolute Gasteiger partial charge is 0.485 e.